The van der Waals surface area contributed by atoms with Crippen molar-refractivity contribution in [3.8, 4) is 0 Å². The number of aryl methyl sites for hydroxylation is 3. The number of rotatable bonds is 3. The van der Waals surface area contributed by atoms with Crippen molar-refractivity contribution in [1.82, 2.24) is 20.3 Å². The Balaban J connectivity index is 1.88. The topological polar surface area (TPSA) is 67.8 Å². The number of hydrogen-bond acceptors (Lipinski definition) is 5. The van der Waals surface area contributed by atoms with E-state index in [4.69, 9.17) is 0 Å². The van der Waals surface area contributed by atoms with Crippen molar-refractivity contribution in [3.63, 3.8) is 0 Å². The van der Waals surface area contributed by atoms with Gasteiger partial charge in [0.25, 0.3) is 5.91 Å². The summed E-state index contributed by atoms with van der Waals surface area (Å²) in [7, 11) is 0. The van der Waals surface area contributed by atoms with Gasteiger partial charge in [-0.15, -0.1) is 11.3 Å². The molecule has 0 fully saturated rings. The second kappa shape index (κ2) is 5.81. The number of pyridine rings is 1. The molecule has 0 saturated carbocycles. The van der Waals surface area contributed by atoms with E-state index in [9.17, 15) is 4.79 Å². The Morgan fingerprint density at radius 2 is 2.09 bits per heavy atom. The van der Waals surface area contributed by atoms with Crippen LogP contribution in [0.3, 0.4) is 0 Å². The Morgan fingerprint density at radius 1 is 1.27 bits per heavy atom. The number of carbonyl (C=O) groups excluding carboxylic acids is 1. The van der Waals surface area contributed by atoms with Crippen molar-refractivity contribution < 1.29 is 4.79 Å². The van der Waals surface area contributed by atoms with Gasteiger partial charge < -0.3 is 5.32 Å². The van der Waals surface area contributed by atoms with Crippen molar-refractivity contribution >= 4 is 27.5 Å². The van der Waals surface area contributed by atoms with E-state index in [-0.39, 0.29) is 5.91 Å². The second-order valence-corrected chi connectivity index (χ2v) is 6.14. The van der Waals surface area contributed by atoms with Gasteiger partial charge in [-0.3, -0.25) is 9.78 Å². The fraction of sp³-hybridized carbons (Fsp3) is 0.250. The Bertz CT molecular complexity index is 842. The second-order valence-electron chi connectivity index (χ2n) is 5.14. The summed E-state index contributed by atoms with van der Waals surface area (Å²) in [6.07, 6.45) is 3.46. The molecule has 0 bridgehead atoms. The number of aromatic nitrogens is 3. The van der Waals surface area contributed by atoms with E-state index in [0.717, 1.165) is 32.9 Å². The van der Waals surface area contributed by atoms with E-state index in [2.05, 4.69) is 20.3 Å². The van der Waals surface area contributed by atoms with Gasteiger partial charge in [0, 0.05) is 30.0 Å². The molecule has 0 aliphatic carbocycles. The molecule has 22 heavy (non-hydrogen) atoms. The molecule has 6 heteroatoms. The zero-order chi connectivity index (χ0) is 15.7. The van der Waals surface area contributed by atoms with Crippen LogP contribution >= 0.6 is 11.3 Å². The molecular weight excluding hydrogens is 296 g/mol. The average Bonchev–Trinajstić information content (AvgIpc) is 2.83. The third-order valence-electron chi connectivity index (χ3n) is 3.46. The Labute approximate surface area is 132 Å². The molecule has 5 nitrogen and oxygen atoms in total. The van der Waals surface area contributed by atoms with Gasteiger partial charge in [-0.05, 0) is 38.0 Å². The lowest BCUT2D eigenvalue weighted by molar-refractivity contribution is 0.0954. The molecule has 0 atom stereocenters. The molecule has 0 aliphatic heterocycles. The highest BCUT2D eigenvalue weighted by atomic mass is 32.1. The minimum Gasteiger partial charge on any atom is -0.347 e. The SMILES string of the molecule is Cc1nc(C)c2c(C)c(C(=O)NCc3cccnc3)sc2n1. The monoisotopic (exact) mass is 312 g/mol. The number of nitrogens with one attached hydrogen (secondary N) is 1. The zero-order valence-electron chi connectivity index (χ0n) is 12.7. The summed E-state index contributed by atoms with van der Waals surface area (Å²) < 4.78 is 0. The van der Waals surface area contributed by atoms with Crippen LogP contribution in [0.15, 0.2) is 24.5 Å². The van der Waals surface area contributed by atoms with Crippen molar-refractivity contribution in [2.24, 2.45) is 0 Å². The average molecular weight is 312 g/mol. The number of hydrogen-bond donors (Lipinski definition) is 1. The Morgan fingerprint density at radius 3 is 2.82 bits per heavy atom. The molecule has 3 heterocycles. The molecule has 112 valence electrons. The summed E-state index contributed by atoms with van der Waals surface area (Å²) in [4.78, 5) is 26.9. The van der Waals surface area contributed by atoms with Crippen LogP contribution in [0.4, 0.5) is 0 Å². The van der Waals surface area contributed by atoms with Gasteiger partial charge in [-0.1, -0.05) is 6.07 Å². The molecule has 3 rings (SSSR count). The molecule has 0 spiro atoms. The van der Waals surface area contributed by atoms with Gasteiger partial charge in [-0.2, -0.15) is 0 Å². The molecule has 1 N–H and O–H groups in total. The molecule has 1 amide bonds. The molecule has 0 unspecified atom stereocenters. The molecule has 0 aliphatic rings. The first-order valence-corrected chi connectivity index (χ1v) is 7.79. The van der Waals surface area contributed by atoms with Crippen LogP contribution < -0.4 is 5.32 Å². The van der Waals surface area contributed by atoms with E-state index >= 15 is 0 Å². The van der Waals surface area contributed by atoms with Crippen LogP contribution in [0.5, 0.6) is 0 Å². The lowest BCUT2D eigenvalue weighted by atomic mass is 10.1. The van der Waals surface area contributed by atoms with E-state index in [1.807, 2.05) is 32.9 Å². The lowest BCUT2D eigenvalue weighted by Crippen LogP contribution is -2.22. The molecule has 0 radical (unpaired) electrons. The maximum absolute atomic E-state index is 12.4. The maximum atomic E-state index is 12.4. The number of nitrogens with zero attached hydrogens (tertiary/aromatic N) is 3. The van der Waals surface area contributed by atoms with Crippen molar-refractivity contribution in [2.45, 2.75) is 27.3 Å². The lowest BCUT2D eigenvalue weighted by Gasteiger charge is -2.04. The van der Waals surface area contributed by atoms with Crippen molar-refractivity contribution in [2.75, 3.05) is 0 Å². The predicted molar refractivity (Wildman–Crippen MR) is 87.0 cm³/mol. The van der Waals surface area contributed by atoms with Gasteiger partial charge in [0.05, 0.1) is 4.88 Å². The molecular formula is C16H16N4OS. The van der Waals surface area contributed by atoms with Gasteiger partial charge in [-0.25, -0.2) is 9.97 Å². The summed E-state index contributed by atoms with van der Waals surface area (Å²) in [5, 5.41) is 3.92. The molecule has 3 aromatic rings. The van der Waals surface area contributed by atoms with E-state index in [1.165, 1.54) is 11.3 Å². The van der Waals surface area contributed by atoms with E-state index in [0.29, 0.717) is 11.4 Å². The predicted octanol–water partition coefficient (Wildman–Crippen LogP) is 2.94. The largest absolute Gasteiger partial charge is 0.347 e. The first kappa shape index (κ1) is 14.6. The Hall–Kier alpha value is -2.34. The minimum atomic E-state index is -0.0820. The van der Waals surface area contributed by atoms with Gasteiger partial charge in [0.1, 0.15) is 10.7 Å². The summed E-state index contributed by atoms with van der Waals surface area (Å²) in [5.74, 6) is 0.648. The quantitative estimate of drug-likeness (QED) is 0.807. The fourth-order valence-corrected chi connectivity index (χ4v) is 3.65. The van der Waals surface area contributed by atoms with Crippen molar-refractivity contribution in [1.29, 1.82) is 0 Å². The van der Waals surface area contributed by atoms with Crippen LogP contribution in [0.25, 0.3) is 10.2 Å². The van der Waals surface area contributed by atoms with Crippen LogP contribution in [0, 0.1) is 20.8 Å². The number of carbonyl (C=O) groups is 1. The van der Waals surface area contributed by atoms with Crippen LogP contribution in [-0.2, 0) is 6.54 Å². The summed E-state index contributed by atoms with van der Waals surface area (Å²) in [6.45, 7) is 6.23. The van der Waals surface area contributed by atoms with Crippen LogP contribution in [-0.4, -0.2) is 20.9 Å². The number of fused-ring (bicyclic) bond motifs is 1. The minimum absolute atomic E-state index is 0.0820. The van der Waals surface area contributed by atoms with Crippen molar-refractivity contribution in [3.05, 3.63) is 52.0 Å². The zero-order valence-corrected chi connectivity index (χ0v) is 13.5. The summed E-state index contributed by atoms with van der Waals surface area (Å²) in [6, 6.07) is 3.79. The number of amides is 1. The van der Waals surface area contributed by atoms with Crippen LogP contribution in [0.1, 0.15) is 32.3 Å². The van der Waals surface area contributed by atoms with E-state index < -0.39 is 0 Å². The fourth-order valence-electron chi connectivity index (χ4n) is 2.46. The van der Waals surface area contributed by atoms with Gasteiger partial charge in [0.2, 0.25) is 0 Å². The Kier molecular flexibility index (Phi) is 3.85. The third-order valence-corrected chi connectivity index (χ3v) is 4.65. The summed E-state index contributed by atoms with van der Waals surface area (Å²) >= 11 is 1.42. The molecule has 0 aromatic carbocycles. The standard InChI is InChI=1S/C16H16N4OS/c1-9-13-10(2)19-11(3)20-16(13)22-14(9)15(21)18-8-12-5-4-6-17-7-12/h4-7H,8H2,1-3H3,(H,18,21). The normalized spacial score (nSPS) is 10.9. The highest BCUT2D eigenvalue weighted by molar-refractivity contribution is 7.20. The number of thiophene rings is 1. The highest BCUT2D eigenvalue weighted by Crippen LogP contribution is 2.31. The maximum Gasteiger partial charge on any atom is 0.261 e. The van der Waals surface area contributed by atoms with Crippen LogP contribution in [0.2, 0.25) is 0 Å². The van der Waals surface area contributed by atoms with E-state index in [1.54, 1.807) is 12.4 Å². The third kappa shape index (κ3) is 2.69. The summed E-state index contributed by atoms with van der Waals surface area (Å²) in [5.41, 5.74) is 2.84. The molecule has 0 saturated heterocycles. The van der Waals surface area contributed by atoms with Gasteiger partial charge >= 0.3 is 0 Å². The smallest absolute Gasteiger partial charge is 0.261 e. The molecule has 3 aromatic heterocycles. The highest BCUT2D eigenvalue weighted by Gasteiger charge is 2.18. The first-order chi connectivity index (χ1) is 10.6. The van der Waals surface area contributed by atoms with Gasteiger partial charge in [0.15, 0.2) is 0 Å². The first-order valence-electron chi connectivity index (χ1n) is 6.97.